The Morgan fingerprint density at radius 1 is 1.29 bits per heavy atom. The zero-order chi connectivity index (χ0) is 10.4. The van der Waals surface area contributed by atoms with Crippen LogP contribution < -0.4 is 4.74 Å². The molecule has 0 radical (unpaired) electrons. The van der Waals surface area contributed by atoms with Crippen LogP contribution in [-0.2, 0) is 6.42 Å². The molecule has 1 aromatic carbocycles. The molecule has 78 valence electrons. The van der Waals surface area contributed by atoms with Crippen molar-refractivity contribution in [3.63, 3.8) is 0 Å². The molecule has 0 aromatic heterocycles. The van der Waals surface area contributed by atoms with Crippen molar-refractivity contribution in [1.29, 1.82) is 0 Å². The minimum Gasteiger partial charge on any atom is -0.504 e. The second kappa shape index (κ2) is 5.53. The number of aromatic hydroxyl groups is 1. The standard InChI is InChI=1S/C12H18O2/c1-3-5-8-14-12-9-10(4-2)6-7-11(12)13/h6-7,9,13H,3-5,8H2,1-2H3. The molecule has 0 bridgehead atoms. The van der Waals surface area contributed by atoms with Crippen molar-refractivity contribution in [2.24, 2.45) is 0 Å². The Morgan fingerprint density at radius 3 is 2.71 bits per heavy atom. The van der Waals surface area contributed by atoms with Gasteiger partial charge in [-0.2, -0.15) is 0 Å². The van der Waals surface area contributed by atoms with E-state index in [1.165, 1.54) is 5.56 Å². The Bertz CT molecular complexity index is 282. The molecule has 0 saturated heterocycles. The smallest absolute Gasteiger partial charge is 0.161 e. The SMILES string of the molecule is CCCCOc1cc(CC)ccc1O. The molecule has 0 aliphatic heterocycles. The number of phenols is 1. The van der Waals surface area contributed by atoms with Gasteiger partial charge in [0, 0.05) is 0 Å². The van der Waals surface area contributed by atoms with E-state index in [0.29, 0.717) is 12.4 Å². The highest BCUT2D eigenvalue weighted by Gasteiger charge is 2.02. The molecule has 0 aliphatic carbocycles. The number of unbranched alkanes of at least 4 members (excludes halogenated alkanes) is 1. The molecule has 1 aromatic rings. The first-order valence-electron chi connectivity index (χ1n) is 5.22. The largest absolute Gasteiger partial charge is 0.504 e. The molecule has 0 amide bonds. The zero-order valence-corrected chi connectivity index (χ0v) is 8.92. The van der Waals surface area contributed by atoms with Gasteiger partial charge in [-0.25, -0.2) is 0 Å². The van der Waals surface area contributed by atoms with Gasteiger partial charge in [0.05, 0.1) is 6.61 Å². The van der Waals surface area contributed by atoms with Gasteiger partial charge in [0.1, 0.15) is 0 Å². The van der Waals surface area contributed by atoms with Gasteiger partial charge in [-0.3, -0.25) is 0 Å². The van der Waals surface area contributed by atoms with E-state index in [1.807, 2.05) is 12.1 Å². The van der Waals surface area contributed by atoms with Crippen LogP contribution in [0.15, 0.2) is 18.2 Å². The summed E-state index contributed by atoms with van der Waals surface area (Å²) >= 11 is 0. The molecule has 0 spiro atoms. The van der Waals surface area contributed by atoms with Crippen molar-refractivity contribution in [3.8, 4) is 11.5 Å². The average Bonchev–Trinajstić information content (AvgIpc) is 2.21. The summed E-state index contributed by atoms with van der Waals surface area (Å²) in [6.07, 6.45) is 3.09. The molecule has 2 heteroatoms. The highest BCUT2D eigenvalue weighted by Crippen LogP contribution is 2.27. The van der Waals surface area contributed by atoms with E-state index in [-0.39, 0.29) is 5.75 Å². The lowest BCUT2D eigenvalue weighted by Gasteiger charge is -2.08. The van der Waals surface area contributed by atoms with Crippen molar-refractivity contribution in [3.05, 3.63) is 23.8 Å². The maximum absolute atomic E-state index is 9.50. The lowest BCUT2D eigenvalue weighted by atomic mass is 10.1. The van der Waals surface area contributed by atoms with E-state index < -0.39 is 0 Å². The van der Waals surface area contributed by atoms with Gasteiger partial charge in [0.15, 0.2) is 11.5 Å². The number of phenolic OH excluding ortho intramolecular Hbond substituents is 1. The molecule has 0 heterocycles. The van der Waals surface area contributed by atoms with Crippen LogP contribution in [0, 0.1) is 0 Å². The van der Waals surface area contributed by atoms with Crippen LogP contribution in [0.3, 0.4) is 0 Å². The maximum atomic E-state index is 9.50. The minimum atomic E-state index is 0.235. The second-order valence-corrected chi connectivity index (χ2v) is 3.36. The topological polar surface area (TPSA) is 29.5 Å². The van der Waals surface area contributed by atoms with Crippen molar-refractivity contribution in [2.45, 2.75) is 33.1 Å². The van der Waals surface area contributed by atoms with E-state index >= 15 is 0 Å². The maximum Gasteiger partial charge on any atom is 0.161 e. The fourth-order valence-corrected chi connectivity index (χ4v) is 1.22. The molecule has 0 aliphatic rings. The summed E-state index contributed by atoms with van der Waals surface area (Å²) in [7, 11) is 0. The molecule has 1 rings (SSSR count). The zero-order valence-electron chi connectivity index (χ0n) is 8.92. The molecule has 0 fully saturated rings. The third-order valence-electron chi connectivity index (χ3n) is 2.19. The predicted octanol–water partition coefficient (Wildman–Crippen LogP) is 3.13. The Hall–Kier alpha value is -1.18. The third-order valence-corrected chi connectivity index (χ3v) is 2.19. The Balaban J connectivity index is 2.64. The minimum absolute atomic E-state index is 0.235. The Morgan fingerprint density at radius 2 is 2.07 bits per heavy atom. The summed E-state index contributed by atoms with van der Waals surface area (Å²) < 4.78 is 5.47. The van der Waals surface area contributed by atoms with Gasteiger partial charge in [0.2, 0.25) is 0 Å². The van der Waals surface area contributed by atoms with Crippen LogP contribution in [0.1, 0.15) is 32.3 Å². The third kappa shape index (κ3) is 2.95. The molecule has 0 saturated carbocycles. The van der Waals surface area contributed by atoms with Crippen molar-refractivity contribution in [2.75, 3.05) is 6.61 Å². The van der Waals surface area contributed by atoms with Gasteiger partial charge in [-0.15, -0.1) is 0 Å². The Kier molecular flexibility index (Phi) is 4.30. The van der Waals surface area contributed by atoms with Crippen LogP contribution in [0.2, 0.25) is 0 Å². The molecule has 2 nitrogen and oxygen atoms in total. The lowest BCUT2D eigenvalue weighted by molar-refractivity contribution is 0.292. The monoisotopic (exact) mass is 194 g/mol. The summed E-state index contributed by atoms with van der Waals surface area (Å²) in [6, 6.07) is 5.52. The summed E-state index contributed by atoms with van der Waals surface area (Å²) in [6.45, 7) is 4.88. The van der Waals surface area contributed by atoms with Gasteiger partial charge < -0.3 is 9.84 Å². The molecular weight excluding hydrogens is 176 g/mol. The average molecular weight is 194 g/mol. The highest BCUT2D eigenvalue weighted by molar-refractivity contribution is 5.41. The highest BCUT2D eigenvalue weighted by atomic mass is 16.5. The number of hydrogen-bond acceptors (Lipinski definition) is 2. The number of rotatable bonds is 5. The predicted molar refractivity (Wildman–Crippen MR) is 57.9 cm³/mol. The first kappa shape index (κ1) is 10.9. The van der Waals surface area contributed by atoms with Gasteiger partial charge in [-0.05, 0) is 30.5 Å². The van der Waals surface area contributed by atoms with Crippen LogP contribution in [-0.4, -0.2) is 11.7 Å². The number of hydrogen-bond donors (Lipinski definition) is 1. The molecule has 0 unspecified atom stereocenters. The van der Waals surface area contributed by atoms with E-state index in [1.54, 1.807) is 6.07 Å². The van der Waals surface area contributed by atoms with E-state index in [9.17, 15) is 5.11 Å². The normalized spacial score (nSPS) is 10.1. The molecule has 0 atom stereocenters. The van der Waals surface area contributed by atoms with Gasteiger partial charge in [-0.1, -0.05) is 26.3 Å². The summed E-state index contributed by atoms with van der Waals surface area (Å²) in [5.41, 5.74) is 1.19. The van der Waals surface area contributed by atoms with E-state index in [0.717, 1.165) is 19.3 Å². The first-order chi connectivity index (χ1) is 6.77. The molecule has 1 N–H and O–H groups in total. The lowest BCUT2D eigenvalue weighted by Crippen LogP contribution is -1.97. The van der Waals surface area contributed by atoms with Crippen molar-refractivity contribution in [1.82, 2.24) is 0 Å². The van der Waals surface area contributed by atoms with Crippen LogP contribution in [0.5, 0.6) is 11.5 Å². The quantitative estimate of drug-likeness (QED) is 0.730. The summed E-state index contributed by atoms with van der Waals surface area (Å²) in [4.78, 5) is 0. The number of aryl methyl sites for hydroxylation is 1. The first-order valence-corrected chi connectivity index (χ1v) is 5.22. The van der Waals surface area contributed by atoms with Crippen LogP contribution in [0.4, 0.5) is 0 Å². The molecule has 14 heavy (non-hydrogen) atoms. The summed E-state index contributed by atoms with van der Waals surface area (Å²) in [5, 5.41) is 9.50. The summed E-state index contributed by atoms with van der Waals surface area (Å²) in [5.74, 6) is 0.844. The fourth-order valence-electron chi connectivity index (χ4n) is 1.22. The van der Waals surface area contributed by atoms with Crippen LogP contribution >= 0.6 is 0 Å². The van der Waals surface area contributed by atoms with Gasteiger partial charge in [0.25, 0.3) is 0 Å². The fraction of sp³-hybridized carbons (Fsp3) is 0.500. The Labute approximate surface area is 85.5 Å². The second-order valence-electron chi connectivity index (χ2n) is 3.36. The van der Waals surface area contributed by atoms with E-state index in [2.05, 4.69) is 13.8 Å². The number of benzene rings is 1. The van der Waals surface area contributed by atoms with Crippen molar-refractivity contribution < 1.29 is 9.84 Å². The van der Waals surface area contributed by atoms with E-state index in [4.69, 9.17) is 4.74 Å². The van der Waals surface area contributed by atoms with Crippen molar-refractivity contribution >= 4 is 0 Å². The number of ether oxygens (including phenoxy) is 1. The molecular formula is C12H18O2. The van der Waals surface area contributed by atoms with Crippen LogP contribution in [0.25, 0.3) is 0 Å². The van der Waals surface area contributed by atoms with Gasteiger partial charge >= 0.3 is 0 Å².